The Bertz CT molecular complexity index is 881. The molecule has 0 N–H and O–H groups in total. The standard InChI is InChI=1S/C27H35N3O2/c1-22-7-9-24(10-8-22)21-28-17-19-29(20-18-28)26(31)12-11-23-13-15-30(16-14-23)27(32)25-5-3-2-4-6-25/h2-10,23H,11-21H2,1H3. The van der Waals surface area contributed by atoms with Gasteiger partial charge in [0.25, 0.3) is 5.91 Å². The van der Waals surface area contributed by atoms with Crippen molar-refractivity contribution in [2.75, 3.05) is 39.3 Å². The number of aryl methyl sites for hydroxylation is 1. The maximum atomic E-state index is 12.7. The molecule has 2 aliphatic heterocycles. The van der Waals surface area contributed by atoms with Crippen LogP contribution in [-0.4, -0.2) is 65.8 Å². The first kappa shape index (κ1) is 22.5. The molecule has 0 saturated carbocycles. The van der Waals surface area contributed by atoms with E-state index < -0.39 is 0 Å². The Hall–Kier alpha value is -2.66. The molecule has 0 radical (unpaired) electrons. The number of nitrogens with zero attached hydrogens (tertiary/aromatic N) is 3. The molecule has 0 aliphatic carbocycles. The first-order valence-corrected chi connectivity index (χ1v) is 12.0. The molecular weight excluding hydrogens is 398 g/mol. The summed E-state index contributed by atoms with van der Waals surface area (Å²) in [6, 6.07) is 18.2. The van der Waals surface area contributed by atoms with Crippen LogP contribution >= 0.6 is 0 Å². The Morgan fingerprint density at radius 2 is 1.47 bits per heavy atom. The Balaban J connectivity index is 1.14. The molecule has 2 fully saturated rings. The van der Waals surface area contributed by atoms with E-state index in [9.17, 15) is 9.59 Å². The number of hydrogen-bond acceptors (Lipinski definition) is 3. The number of rotatable bonds is 6. The summed E-state index contributed by atoms with van der Waals surface area (Å²) in [4.78, 5) is 31.8. The van der Waals surface area contributed by atoms with Gasteiger partial charge in [0.1, 0.15) is 0 Å². The van der Waals surface area contributed by atoms with Crippen molar-refractivity contribution in [3.05, 3.63) is 71.3 Å². The highest BCUT2D eigenvalue weighted by atomic mass is 16.2. The zero-order valence-corrected chi connectivity index (χ0v) is 19.2. The van der Waals surface area contributed by atoms with Crippen LogP contribution in [0.15, 0.2) is 54.6 Å². The minimum Gasteiger partial charge on any atom is -0.340 e. The van der Waals surface area contributed by atoms with E-state index in [1.54, 1.807) is 0 Å². The molecule has 2 heterocycles. The van der Waals surface area contributed by atoms with Crippen molar-refractivity contribution in [1.82, 2.24) is 14.7 Å². The number of piperazine rings is 1. The molecule has 2 saturated heterocycles. The van der Waals surface area contributed by atoms with Gasteiger partial charge in [-0.05, 0) is 49.8 Å². The van der Waals surface area contributed by atoms with E-state index in [2.05, 4.69) is 36.1 Å². The maximum Gasteiger partial charge on any atom is 0.253 e. The SMILES string of the molecule is Cc1ccc(CN2CCN(C(=O)CCC3CCN(C(=O)c4ccccc4)CC3)CC2)cc1. The fourth-order valence-corrected chi connectivity index (χ4v) is 4.78. The van der Waals surface area contributed by atoms with Gasteiger partial charge >= 0.3 is 0 Å². The fraction of sp³-hybridized carbons (Fsp3) is 0.481. The molecule has 2 aromatic rings. The number of carbonyl (C=O) groups excluding carboxylic acids is 2. The molecule has 0 spiro atoms. The second-order valence-electron chi connectivity index (χ2n) is 9.28. The van der Waals surface area contributed by atoms with Crippen molar-refractivity contribution in [3.63, 3.8) is 0 Å². The lowest BCUT2D eigenvalue weighted by molar-refractivity contribution is -0.133. The molecule has 0 bridgehead atoms. The minimum atomic E-state index is 0.128. The second kappa shape index (κ2) is 10.8. The number of likely N-dealkylation sites (tertiary alicyclic amines) is 1. The summed E-state index contributed by atoms with van der Waals surface area (Å²) in [5, 5.41) is 0. The predicted molar refractivity (Wildman–Crippen MR) is 127 cm³/mol. The molecule has 0 atom stereocenters. The highest BCUT2D eigenvalue weighted by molar-refractivity contribution is 5.94. The number of carbonyl (C=O) groups is 2. The Kier molecular flexibility index (Phi) is 7.59. The molecule has 170 valence electrons. The smallest absolute Gasteiger partial charge is 0.253 e. The molecule has 4 rings (SSSR count). The molecule has 0 aromatic heterocycles. The lowest BCUT2D eigenvalue weighted by Crippen LogP contribution is -2.48. The number of piperidine rings is 1. The Morgan fingerprint density at radius 1 is 0.812 bits per heavy atom. The summed E-state index contributed by atoms with van der Waals surface area (Å²) in [5.74, 6) is 0.966. The van der Waals surface area contributed by atoms with Crippen LogP contribution in [-0.2, 0) is 11.3 Å². The molecule has 5 heteroatoms. The van der Waals surface area contributed by atoms with Crippen molar-refractivity contribution in [3.8, 4) is 0 Å². The quantitative estimate of drug-likeness (QED) is 0.692. The maximum absolute atomic E-state index is 12.7. The molecule has 0 unspecified atom stereocenters. The molecule has 2 amide bonds. The van der Waals surface area contributed by atoms with Crippen LogP contribution in [0.3, 0.4) is 0 Å². The van der Waals surface area contributed by atoms with Crippen molar-refractivity contribution in [1.29, 1.82) is 0 Å². The van der Waals surface area contributed by atoms with Gasteiger partial charge in [-0.1, -0.05) is 48.0 Å². The van der Waals surface area contributed by atoms with Gasteiger partial charge in [0, 0.05) is 57.8 Å². The van der Waals surface area contributed by atoms with E-state index in [4.69, 9.17) is 0 Å². The van der Waals surface area contributed by atoms with Crippen LogP contribution < -0.4 is 0 Å². The largest absolute Gasteiger partial charge is 0.340 e. The molecule has 2 aromatic carbocycles. The first-order chi connectivity index (χ1) is 15.6. The van der Waals surface area contributed by atoms with Crippen LogP contribution in [0.5, 0.6) is 0 Å². The van der Waals surface area contributed by atoms with E-state index in [1.807, 2.05) is 40.1 Å². The second-order valence-corrected chi connectivity index (χ2v) is 9.28. The van der Waals surface area contributed by atoms with Crippen LogP contribution in [0.1, 0.15) is 47.2 Å². The monoisotopic (exact) mass is 433 g/mol. The Labute approximate surface area is 192 Å². The molecule has 32 heavy (non-hydrogen) atoms. The van der Waals surface area contributed by atoms with Crippen LogP contribution in [0, 0.1) is 12.8 Å². The van der Waals surface area contributed by atoms with E-state index in [0.29, 0.717) is 18.2 Å². The normalized spacial score (nSPS) is 18.0. The zero-order valence-electron chi connectivity index (χ0n) is 19.2. The third-order valence-corrected chi connectivity index (χ3v) is 6.94. The van der Waals surface area contributed by atoms with Gasteiger partial charge < -0.3 is 9.80 Å². The summed E-state index contributed by atoms with van der Waals surface area (Å²) in [7, 11) is 0. The fourth-order valence-electron chi connectivity index (χ4n) is 4.78. The average Bonchev–Trinajstić information content (AvgIpc) is 2.85. The lowest BCUT2D eigenvalue weighted by Gasteiger charge is -2.35. The lowest BCUT2D eigenvalue weighted by atomic mass is 9.91. The first-order valence-electron chi connectivity index (χ1n) is 12.0. The van der Waals surface area contributed by atoms with Gasteiger partial charge in [0.15, 0.2) is 0 Å². The van der Waals surface area contributed by atoms with E-state index in [1.165, 1.54) is 11.1 Å². The Morgan fingerprint density at radius 3 is 2.12 bits per heavy atom. The number of hydrogen-bond donors (Lipinski definition) is 0. The van der Waals surface area contributed by atoms with Crippen molar-refractivity contribution >= 4 is 11.8 Å². The van der Waals surface area contributed by atoms with Crippen LogP contribution in [0.4, 0.5) is 0 Å². The summed E-state index contributed by atoms with van der Waals surface area (Å²) in [6.07, 6.45) is 3.57. The predicted octanol–water partition coefficient (Wildman–Crippen LogP) is 3.97. The van der Waals surface area contributed by atoms with Crippen molar-refractivity contribution < 1.29 is 9.59 Å². The highest BCUT2D eigenvalue weighted by Crippen LogP contribution is 2.24. The van der Waals surface area contributed by atoms with Gasteiger partial charge in [0.2, 0.25) is 5.91 Å². The molecular formula is C27H35N3O2. The minimum absolute atomic E-state index is 0.128. The van der Waals surface area contributed by atoms with Gasteiger partial charge in [-0.25, -0.2) is 0 Å². The van der Waals surface area contributed by atoms with Gasteiger partial charge in [-0.2, -0.15) is 0 Å². The summed E-state index contributed by atoms with van der Waals surface area (Å²) in [5.41, 5.74) is 3.40. The summed E-state index contributed by atoms with van der Waals surface area (Å²) >= 11 is 0. The van der Waals surface area contributed by atoms with Crippen LogP contribution in [0.25, 0.3) is 0 Å². The third kappa shape index (κ3) is 5.98. The number of benzene rings is 2. The third-order valence-electron chi connectivity index (χ3n) is 6.94. The average molecular weight is 434 g/mol. The van der Waals surface area contributed by atoms with E-state index in [-0.39, 0.29) is 5.91 Å². The van der Waals surface area contributed by atoms with Crippen LogP contribution in [0.2, 0.25) is 0 Å². The van der Waals surface area contributed by atoms with Gasteiger partial charge in [-0.3, -0.25) is 14.5 Å². The number of amides is 2. The van der Waals surface area contributed by atoms with Crippen molar-refractivity contribution in [2.24, 2.45) is 5.92 Å². The van der Waals surface area contributed by atoms with Gasteiger partial charge in [0.05, 0.1) is 0 Å². The molecule has 2 aliphatic rings. The zero-order chi connectivity index (χ0) is 22.3. The highest BCUT2D eigenvalue weighted by Gasteiger charge is 2.26. The topological polar surface area (TPSA) is 43.9 Å². The van der Waals surface area contributed by atoms with E-state index >= 15 is 0 Å². The summed E-state index contributed by atoms with van der Waals surface area (Å²) in [6.45, 7) is 8.21. The molecule has 5 nitrogen and oxygen atoms in total. The van der Waals surface area contributed by atoms with E-state index in [0.717, 1.165) is 70.6 Å². The van der Waals surface area contributed by atoms with Gasteiger partial charge in [-0.15, -0.1) is 0 Å². The summed E-state index contributed by atoms with van der Waals surface area (Å²) < 4.78 is 0. The van der Waals surface area contributed by atoms with Crippen molar-refractivity contribution in [2.45, 2.75) is 39.2 Å².